The fourth-order valence-corrected chi connectivity index (χ4v) is 6.37. The number of carboxylic acids is 1. The fraction of sp³-hybridized carbons (Fsp3) is 0.711. The van der Waals surface area contributed by atoms with Gasteiger partial charge in [0.2, 0.25) is 5.91 Å². The molecule has 0 rings (SSSR count). The third kappa shape index (κ3) is 39.8. The minimum Gasteiger partial charge on any atom is -0.480 e. The summed E-state index contributed by atoms with van der Waals surface area (Å²) in [6.07, 6.45) is 45.4. The molecule has 0 radical (unpaired) electrons. The van der Waals surface area contributed by atoms with E-state index in [1.165, 1.54) is 64.2 Å². The molecule has 0 aromatic carbocycles. The van der Waals surface area contributed by atoms with Crippen molar-refractivity contribution in [3.05, 3.63) is 60.8 Å². The summed E-state index contributed by atoms with van der Waals surface area (Å²) in [7, 11) is -4.77. The summed E-state index contributed by atoms with van der Waals surface area (Å²) in [6, 6.07) is -1.58. The van der Waals surface area contributed by atoms with Crippen molar-refractivity contribution in [1.82, 2.24) is 5.32 Å². The lowest BCUT2D eigenvalue weighted by Gasteiger charge is -2.18. The largest absolute Gasteiger partial charge is 0.480 e. The maximum atomic E-state index is 12.3. The monoisotopic (exact) mass is 824 g/mol. The van der Waals surface area contributed by atoms with Gasteiger partial charge in [-0.25, -0.2) is 9.36 Å². The van der Waals surface area contributed by atoms with E-state index in [0.717, 1.165) is 64.2 Å². The minimum atomic E-state index is -4.77. The van der Waals surface area contributed by atoms with Gasteiger partial charge in [-0.15, -0.1) is 0 Å². The highest BCUT2D eigenvalue weighted by atomic mass is 31.2. The standard InChI is InChI=1S/C45H78NO10P/c1-3-5-7-9-11-13-15-17-19-21-22-24-26-28-30-32-34-36-43(48)46-42(45(50)51)40-56-57(52,53)55-39-41(47)38-54-44(49)37-35-33-31-29-27-25-23-20-18-16-14-12-10-8-6-4-2/h11,13,17,19-20,22-24,28,30,41-42,47H,3-10,12,14-16,18,21,25-27,29,31-40H2,1-2H3,(H,46,48)(H,50,51)(H,52,53)/b13-11-,19-17-,23-20-,24-22-,30-28-. The number of amides is 1. The second-order valence-electron chi connectivity index (χ2n) is 14.5. The summed E-state index contributed by atoms with van der Waals surface area (Å²) in [5.41, 5.74) is 0. The van der Waals surface area contributed by atoms with Gasteiger partial charge in [0.05, 0.1) is 13.2 Å². The minimum absolute atomic E-state index is 0.0668. The van der Waals surface area contributed by atoms with Gasteiger partial charge >= 0.3 is 19.8 Å². The van der Waals surface area contributed by atoms with Crippen molar-refractivity contribution in [3.8, 4) is 0 Å². The second kappa shape index (κ2) is 40.0. The third-order valence-corrected chi connectivity index (χ3v) is 9.98. The predicted octanol–water partition coefficient (Wildman–Crippen LogP) is 11.2. The molecule has 4 N–H and O–H groups in total. The summed E-state index contributed by atoms with van der Waals surface area (Å²) in [5.74, 6) is -2.47. The van der Waals surface area contributed by atoms with E-state index in [2.05, 4.69) is 67.8 Å². The summed E-state index contributed by atoms with van der Waals surface area (Å²) in [6.45, 7) is 2.50. The van der Waals surface area contributed by atoms with Crippen molar-refractivity contribution < 1.29 is 47.8 Å². The Hall–Kier alpha value is -2.82. The van der Waals surface area contributed by atoms with Crippen molar-refractivity contribution in [2.24, 2.45) is 0 Å². The van der Waals surface area contributed by atoms with Crippen molar-refractivity contribution in [2.45, 2.75) is 187 Å². The molecule has 3 unspecified atom stereocenters. The Balaban J connectivity index is 4.01. The van der Waals surface area contributed by atoms with Gasteiger partial charge in [0.25, 0.3) is 0 Å². The van der Waals surface area contributed by atoms with E-state index in [1.54, 1.807) is 0 Å². The number of allylic oxidation sites excluding steroid dienone is 10. The first kappa shape index (κ1) is 54.2. The van der Waals surface area contributed by atoms with Crippen LogP contribution in [-0.2, 0) is 32.7 Å². The van der Waals surface area contributed by atoms with E-state index in [0.29, 0.717) is 19.3 Å². The number of aliphatic hydroxyl groups is 1. The van der Waals surface area contributed by atoms with E-state index < -0.39 is 57.6 Å². The molecule has 0 saturated heterocycles. The summed E-state index contributed by atoms with van der Waals surface area (Å²) in [5, 5.41) is 21.8. The normalized spacial score (nSPS) is 14.3. The van der Waals surface area contributed by atoms with Crippen LogP contribution >= 0.6 is 7.82 Å². The van der Waals surface area contributed by atoms with E-state index in [-0.39, 0.29) is 12.8 Å². The number of phosphoric acid groups is 1. The van der Waals surface area contributed by atoms with Crippen molar-refractivity contribution in [3.63, 3.8) is 0 Å². The fourth-order valence-electron chi connectivity index (χ4n) is 5.60. The lowest BCUT2D eigenvalue weighted by atomic mass is 10.1. The zero-order valence-electron chi connectivity index (χ0n) is 35.4. The number of unbranched alkanes of at least 4 members (excludes halogenated alkanes) is 16. The van der Waals surface area contributed by atoms with Gasteiger partial charge in [-0.1, -0.05) is 145 Å². The smallest absolute Gasteiger partial charge is 0.472 e. The van der Waals surface area contributed by atoms with Crippen LogP contribution in [0.2, 0.25) is 0 Å². The third-order valence-electron chi connectivity index (χ3n) is 9.03. The molecule has 3 atom stereocenters. The van der Waals surface area contributed by atoms with E-state index >= 15 is 0 Å². The Bertz CT molecular complexity index is 1200. The van der Waals surface area contributed by atoms with Gasteiger partial charge in [0.1, 0.15) is 12.7 Å². The molecule has 0 spiro atoms. The number of carbonyl (C=O) groups excluding carboxylic acids is 2. The molecule has 1 amide bonds. The lowest BCUT2D eigenvalue weighted by Crippen LogP contribution is -2.43. The Morgan fingerprint density at radius 1 is 0.561 bits per heavy atom. The van der Waals surface area contributed by atoms with Gasteiger partial charge in [-0.3, -0.25) is 18.6 Å². The molecule has 57 heavy (non-hydrogen) atoms. The SMILES string of the molecule is CCCCC/C=C\C/C=C\C/C=C\C/C=C\CCCC(=O)NC(COP(=O)(O)OCC(O)COC(=O)CCCCCCC/C=C\CCCCCCCCC)C(=O)O. The predicted molar refractivity (Wildman–Crippen MR) is 231 cm³/mol. The van der Waals surface area contributed by atoms with Crippen LogP contribution in [0.1, 0.15) is 174 Å². The number of aliphatic hydroxyl groups excluding tert-OH is 1. The molecule has 12 heteroatoms. The van der Waals surface area contributed by atoms with E-state index in [9.17, 15) is 34.1 Å². The number of phosphoric ester groups is 1. The Morgan fingerprint density at radius 2 is 0.982 bits per heavy atom. The highest BCUT2D eigenvalue weighted by Gasteiger charge is 2.28. The maximum absolute atomic E-state index is 12.3. The average molecular weight is 824 g/mol. The number of aliphatic carboxylic acids is 1. The molecule has 0 aliphatic heterocycles. The van der Waals surface area contributed by atoms with Crippen LogP contribution in [0.25, 0.3) is 0 Å². The quantitative estimate of drug-likeness (QED) is 0.0202. The average Bonchev–Trinajstić information content (AvgIpc) is 3.18. The first-order valence-electron chi connectivity index (χ1n) is 21.8. The van der Waals surface area contributed by atoms with Crippen LogP contribution in [0.5, 0.6) is 0 Å². The van der Waals surface area contributed by atoms with Gasteiger partial charge < -0.3 is 25.2 Å². The van der Waals surface area contributed by atoms with Crippen molar-refractivity contribution in [2.75, 3.05) is 19.8 Å². The number of hydrogen-bond acceptors (Lipinski definition) is 8. The highest BCUT2D eigenvalue weighted by Crippen LogP contribution is 2.43. The molecule has 0 aromatic heterocycles. The van der Waals surface area contributed by atoms with E-state index in [1.807, 2.05) is 12.2 Å². The van der Waals surface area contributed by atoms with Crippen LogP contribution < -0.4 is 5.32 Å². The Kier molecular flexibility index (Phi) is 38.0. The molecule has 0 bridgehead atoms. The van der Waals surface area contributed by atoms with Gasteiger partial charge in [-0.2, -0.15) is 0 Å². The molecule has 0 fully saturated rings. The number of ether oxygens (including phenoxy) is 1. The molecule has 328 valence electrons. The molecule has 0 aliphatic carbocycles. The van der Waals surface area contributed by atoms with Gasteiger partial charge in [0, 0.05) is 12.8 Å². The number of carbonyl (C=O) groups is 3. The number of nitrogens with one attached hydrogen (secondary N) is 1. The summed E-state index contributed by atoms with van der Waals surface area (Å²) < 4.78 is 26.8. The number of carboxylic acid groups (broad SMARTS) is 1. The van der Waals surface area contributed by atoms with Crippen LogP contribution in [0.4, 0.5) is 0 Å². The molecule has 0 saturated carbocycles. The van der Waals surface area contributed by atoms with Crippen molar-refractivity contribution in [1.29, 1.82) is 0 Å². The lowest BCUT2D eigenvalue weighted by molar-refractivity contribution is -0.147. The van der Waals surface area contributed by atoms with Gasteiger partial charge in [-0.05, 0) is 77.0 Å². The first-order valence-corrected chi connectivity index (χ1v) is 23.3. The highest BCUT2D eigenvalue weighted by molar-refractivity contribution is 7.47. The van der Waals surface area contributed by atoms with Gasteiger partial charge in [0.15, 0.2) is 6.04 Å². The Labute approximate surface area is 345 Å². The second-order valence-corrected chi connectivity index (χ2v) is 16.0. The van der Waals surface area contributed by atoms with Crippen LogP contribution in [0, 0.1) is 0 Å². The molecule has 0 aliphatic rings. The molecule has 0 heterocycles. The number of rotatable bonds is 40. The van der Waals surface area contributed by atoms with E-state index in [4.69, 9.17) is 13.8 Å². The molecule has 0 aromatic rings. The van der Waals surface area contributed by atoms with Crippen LogP contribution in [-0.4, -0.2) is 64.9 Å². The van der Waals surface area contributed by atoms with Crippen molar-refractivity contribution >= 4 is 25.7 Å². The number of esters is 1. The zero-order valence-corrected chi connectivity index (χ0v) is 36.3. The zero-order chi connectivity index (χ0) is 42.1. The topological polar surface area (TPSA) is 169 Å². The molecular formula is C45H78NO10P. The Morgan fingerprint density at radius 3 is 1.53 bits per heavy atom. The van der Waals surface area contributed by atoms with Crippen LogP contribution in [0.3, 0.4) is 0 Å². The number of hydrogen-bond donors (Lipinski definition) is 4. The summed E-state index contributed by atoms with van der Waals surface area (Å²) >= 11 is 0. The summed E-state index contributed by atoms with van der Waals surface area (Å²) in [4.78, 5) is 45.9. The first-order chi connectivity index (χ1) is 27.6. The van der Waals surface area contributed by atoms with Crippen LogP contribution in [0.15, 0.2) is 60.8 Å². The molecule has 11 nitrogen and oxygen atoms in total. The molecular weight excluding hydrogens is 745 g/mol. The maximum Gasteiger partial charge on any atom is 0.472 e.